The maximum Gasteiger partial charge on any atom is 0.148 e. The zero-order chi connectivity index (χ0) is 12.4. The smallest absolute Gasteiger partial charge is 0.148 e. The Balaban J connectivity index is 2.28. The van der Waals surface area contributed by atoms with Crippen LogP contribution in [-0.2, 0) is 6.42 Å². The van der Waals surface area contributed by atoms with Gasteiger partial charge in [0.05, 0.1) is 6.04 Å². The van der Waals surface area contributed by atoms with Gasteiger partial charge in [0.2, 0.25) is 0 Å². The second-order valence-corrected chi connectivity index (χ2v) is 5.04. The van der Waals surface area contributed by atoms with Gasteiger partial charge in [0.1, 0.15) is 11.0 Å². The van der Waals surface area contributed by atoms with Crippen LogP contribution in [0.3, 0.4) is 0 Å². The summed E-state index contributed by atoms with van der Waals surface area (Å²) in [5.41, 5.74) is 1.02. The van der Waals surface area contributed by atoms with Gasteiger partial charge in [-0.1, -0.05) is 18.5 Å². The fourth-order valence-electron chi connectivity index (χ4n) is 2.10. The molecule has 0 radical (unpaired) electrons. The topological polar surface area (TPSA) is 32.3 Å². The summed E-state index contributed by atoms with van der Waals surface area (Å²) in [7, 11) is 4.25. The van der Waals surface area contributed by atoms with Crippen LogP contribution >= 0.6 is 11.6 Å². The molecule has 0 bridgehead atoms. The summed E-state index contributed by atoms with van der Waals surface area (Å²) >= 11 is 6.05. The number of halogens is 1. The van der Waals surface area contributed by atoms with Crippen LogP contribution in [0.2, 0.25) is 5.15 Å². The lowest BCUT2D eigenvalue weighted by molar-refractivity contribution is 0.109. The Bertz CT molecular complexity index is 396. The molecule has 1 saturated heterocycles. The number of hydrogen-bond acceptors (Lipinski definition) is 4. The van der Waals surface area contributed by atoms with Crippen LogP contribution in [0.4, 0.5) is 0 Å². The van der Waals surface area contributed by atoms with E-state index in [1.54, 1.807) is 0 Å². The van der Waals surface area contributed by atoms with E-state index in [4.69, 9.17) is 11.6 Å². The molecule has 0 aromatic carbocycles. The van der Waals surface area contributed by atoms with Gasteiger partial charge < -0.3 is 4.90 Å². The highest BCUT2D eigenvalue weighted by Crippen LogP contribution is 2.22. The van der Waals surface area contributed by atoms with Crippen molar-refractivity contribution in [2.24, 2.45) is 0 Å². The Morgan fingerprint density at radius 3 is 2.82 bits per heavy atom. The average molecular weight is 255 g/mol. The largest absolute Gasteiger partial charge is 0.303 e. The summed E-state index contributed by atoms with van der Waals surface area (Å²) in [4.78, 5) is 13.6. The number of aryl methyl sites for hydroxylation is 1. The minimum Gasteiger partial charge on any atom is -0.303 e. The maximum absolute atomic E-state index is 6.05. The first-order valence-electron chi connectivity index (χ1n) is 6.02. The van der Waals surface area contributed by atoms with Crippen LogP contribution in [0, 0.1) is 0 Å². The molecule has 0 saturated carbocycles. The van der Waals surface area contributed by atoms with Gasteiger partial charge in [-0.05, 0) is 26.6 Å². The number of nitrogens with zero attached hydrogens (tertiary/aromatic N) is 4. The Hall–Kier alpha value is -0.710. The molecule has 5 heteroatoms. The van der Waals surface area contributed by atoms with Gasteiger partial charge in [0, 0.05) is 25.3 Å². The molecular weight excluding hydrogens is 236 g/mol. The van der Waals surface area contributed by atoms with E-state index in [9.17, 15) is 0 Å². The highest BCUT2D eigenvalue weighted by Gasteiger charge is 2.26. The van der Waals surface area contributed by atoms with Crippen LogP contribution in [0.1, 0.15) is 24.5 Å². The predicted molar refractivity (Wildman–Crippen MR) is 69.3 cm³/mol. The zero-order valence-corrected chi connectivity index (χ0v) is 11.4. The number of hydrogen-bond donors (Lipinski definition) is 0. The first-order chi connectivity index (χ1) is 8.10. The fraction of sp³-hybridized carbons (Fsp3) is 0.667. The summed E-state index contributed by atoms with van der Waals surface area (Å²) in [5.74, 6) is 0.850. The molecule has 1 aliphatic heterocycles. The van der Waals surface area contributed by atoms with Crippen molar-refractivity contribution in [2.75, 3.05) is 33.7 Å². The summed E-state index contributed by atoms with van der Waals surface area (Å²) in [5, 5.41) is 0.550. The Morgan fingerprint density at radius 1 is 1.35 bits per heavy atom. The van der Waals surface area contributed by atoms with E-state index in [-0.39, 0.29) is 6.04 Å². The maximum atomic E-state index is 6.05. The molecule has 1 aromatic rings. The number of aromatic nitrogens is 2. The summed E-state index contributed by atoms with van der Waals surface area (Å²) < 4.78 is 0. The predicted octanol–water partition coefficient (Wildman–Crippen LogP) is 1.61. The standard InChI is InChI=1S/C12H19ClN4/c1-4-9-7-11(13)15-12(14-9)10-8-16(2)5-6-17(10)3/h7,10H,4-6,8H2,1-3H3. The van der Waals surface area contributed by atoms with Crippen LogP contribution in [0.15, 0.2) is 6.07 Å². The lowest BCUT2D eigenvalue weighted by Crippen LogP contribution is -2.45. The summed E-state index contributed by atoms with van der Waals surface area (Å²) in [6, 6.07) is 2.09. The van der Waals surface area contributed by atoms with E-state index in [1.807, 2.05) is 6.07 Å². The Kier molecular flexibility index (Phi) is 3.97. The molecule has 0 N–H and O–H groups in total. The number of likely N-dealkylation sites (N-methyl/N-ethyl adjacent to an activating group) is 2. The molecule has 0 spiro atoms. The van der Waals surface area contributed by atoms with Crippen molar-refractivity contribution in [3.05, 3.63) is 22.7 Å². The highest BCUT2D eigenvalue weighted by molar-refractivity contribution is 6.29. The fourth-order valence-corrected chi connectivity index (χ4v) is 2.32. The van der Waals surface area contributed by atoms with Gasteiger partial charge in [-0.25, -0.2) is 9.97 Å². The second kappa shape index (κ2) is 5.29. The molecular formula is C12H19ClN4. The molecule has 1 aliphatic rings. The molecule has 2 rings (SSSR count). The molecule has 2 heterocycles. The van der Waals surface area contributed by atoms with Crippen molar-refractivity contribution >= 4 is 11.6 Å². The SMILES string of the molecule is CCc1cc(Cl)nc(C2CN(C)CCN2C)n1. The van der Waals surface area contributed by atoms with Crippen LogP contribution in [0.25, 0.3) is 0 Å². The van der Waals surface area contributed by atoms with Crippen LogP contribution in [0.5, 0.6) is 0 Å². The van der Waals surface area contributed by atoms with Gasteiger partial charge in [0.15, 0.2) is 0 Å². The van der Waals surface area contributed by atoms with Crippen LogP contribution < -0.4 is 0 Å². The lowest BCUT2D eigenvalue weighted by atomic mass is 10.1. The molecule has 1 atom stereocenters. The third-order valence-electron chi connectivity index (χ3n) is 3.28. The van der Waals surface area contributed by atoms with E-state index >= 15 is 0 Å². The van der Waals surface area contributed by atoms with Crippen molar-refractivity contribution in [2.45, 2.75) is 19.4 Å². The molecule has 17 heavy (non-hydrogen) atoms. The molecule has 1 aromatic heterocycles. The molecule has 1 unspecified atom stereocenters. The number of piperazine rings is 1. The monoisotopic (exact) mass is 254 g/mol. The molecule has 4 nitrogen and oxygen atoms in total. The third-order valence-corrected chi connectivity index (χ3v) is 3.47. The quantitative estimate of drug-likeness (QED) is 0.751. The van der Waals surface area contributed by atoms with Crippen molar-refractivity contribution in [1.82, 2.24) is 19.8 Å². The number of rotatable bonds is 2. The molecule has 0 amide bonds. The second-order valence-electron chi connectivity index (χ2n) is 4.65. The van der Waals surface area contributed by atoms with E-state index in [2.05, 4.69) is 40.8 Å². The van der Waals surface area contributed by atoms with E-state index in [0.717, 1.165) is 37.6 Å². The van der Waals surface area contributed by atoms with E-state index < -0.39 is 0 Å². The minimum atomic E-state index is 0.248. The molecule has 0 aliphatic carbocycles. The lowest BCUT2D eigenvalue weighted by Gasteiger charge is -2.36. The zero-order valence-electron chi connectivity index (χ0n) is 10.6. The van der Waals surface area contributed by atoms with Crippen molar-refractivity contribution in [3.8, 4) is 0 Å². The Morgan fingerprint density at radius 2 is 2.12 bits per heavy atom. The minimum absolute atomic E-state index is 0.248. The normalized spacial score (nSPS) is 22.9. The summed E-state index contributed by atoms with van der Waals surface area (Å²) in [6.07, 6.45) is 0.890. The van der Waals surface area contributed by atoms with Gasteiger partial charge in [-0.3, -0.25) is 4.90 Å². The van der Waals surface area contributed by atoms with Gasteiger partial charge in [-0.2, -0.15) is 0 Å². The van der Waals surface area contributed by atoms with E-state index in [0.29, 0.717) is 5.15 Å². The highest BCUT2D eigenvalue weighted by atomic mass is 35.5. The molecule has 1 fully saturated rings. The average Bonchev–Trinajstić information content (AvgIpc) is 2.31. The van der Waals surface area contributed by atoms with Crippen molar-refractivity contribution in [1.29, 1.82) is 0 Å². The Labute approximate surface area is 108 Å². The summed E-state index contributed by atoms with van der Waals surface area (Å²) in [6.45, 7) is 5.17. The first kappa shape index (κ1) is 12.7. The van der Waals surface area contributed by atoms with Crippen molar-refractivity contribution < 1.29 is 0 Å². The van der Waals surface area contributed by atoms with Gasteiger partial charge in [0.25, 0.3) is 0 Å². The van der Waals surface area contributed by atoms with Gasteiger partial charge in [-0.15, -0.1) is 0 Å². The third kappa shape index (κ3) is 2.94. The van der Waals surface area contributed by atoms with Crippen LogP contribution in [-0.4, -0.2) is 53.5 Å². The van der Waals surface area contributed by atoms with Crippen molar-refractivity contribution in [3.63, 3.8) is 0 Å². The first-order valence-corrected chi connectivity index (χ1v) is 6.40. The van der Waals surface area contributed by atoms with E-state index in [1.165, 1.54) is 0 Å². The van der Waals surface area contributed by atoms with Gasteiger partial charge >= 0.3 is 0 Å². The molecule has 94 valence electrons.